The van der Waals surface area contributed by atoms with Gasteiger partial charge in [0.25, 0.3) is 11.8 Å². The summed E-state index contributed by atoms with van der Waals surface area (Å²) in [6.45, 7) is 10.5. The van der Waals surface area contributed by atoms with Gasteiger partial charge in [0.1, 0.15) is 29.7 Å². The van der Waals surface area contributed by atoms with Gasteiger partial charge in [-0.25, -0.2) is 9.37 Å². The van der Waals surface area contributed by atoms with E-state index in [9.17, 15) is 9.18 Å². The number of amides is 1. The highest BCUT2D eigenvalue weighted by molar-refractivity contribution is 5.97. The van der Waals surface area contributed by atoms with E-state index >= 15 is 0 Å². The van der Waals surface area contributed by atoms with Crippen LogP contribution in [0.4, 0.5) is 10.2 Å². The topological polar surface area (TPSA) is 106 Å². The Labute approximate surface area is 233 Å². The molecule has 0 aliphatic carbocycles. The van der Waals surface area contributed by atoms with Gasteiger partial charge < -0.3 is 24.6 Å². The second kappa shape index (κ2) is 12.1. The first kappa shape index (κ1) is 27.7. The summed E-state index contributed by atoms with van der Waals surface area (Å²) in [5.74, 6) is 0.955. The fraction of sp³-hybridized carbons (Fsp3) is 0.483. The van der Waals surface area contributed by atoms with Crippen molar-refractivity contribution in [1.29, 1.82) is 0 Å². The molecule has 3 aromatic rings. The van der Waals surface area contributed by atoms with Gasteiger partial charge in [0.2, 0.25) is 0 Å². The highest BCUT2D eigenvalue weighted by Gasteiger charge is 2.28. The van der Waals surface area contributed by atoms with Crippen molar-refractivity contribution in [1.82, 2.24) is 30.4 Å². The van der Waals surface area contributed by atoms with E-state index in [2.05, 4.69) is 37.3 Å². The molecule has 40 heavy (non-hydrogen) atoms. The van der Waals surface area contributed by atoms with Crippen molar-refractivity contribution in [2.45, 2.75) is 71.7 Å². The summed E-state index contributed by atoms with van der Waals surface area (Å²) < 4.78 is 26.7. The zero-order chi connectivity index (χ0) is 28.2. The Morgan fingerprint density at radius 3 is 2.75 bits per heavy atom. The van der Waals surface area contributed by atoms with Crippen molar-refractivity contribution in [2.75, 3.05) is 24.5 Å². The molecule has 0 saturated carbocycles. The number of ether oxygens (including phenoxy) is 2. The van der Waals surface area contributed by atoms with Crippen LogP contribution in [0.15, 0.2) is 36.8 Å². The van der Waals surface area contributed by atoms with Crippen LogP contribution in [-0.4, -0.2) is 68.8 Å². The summed E-state index contributed by atoms with van der Waals surface area (Å²) in [7, 11) is 0. The van der Waals surface area contributed by atoms with Crippen molar-refractivity contribution in [3.8, 4) is 17.4 Å². The number of benzene rings is 1. The lowest BCUT2D eigenvalue weighted by atomic mass is 10.0. The van der Waals surface area contributed by atoms with Crippen molar-refractivity contribution in [3.05, 3.63) is 59.4 Å². The fourth-order valence-electron chi connectivity index (χ4n) is 5.30. The number of halogens is 1. The molecule has 212 valence electrons. The monoisotopic (exact) mass is 549 g/mol. The van der Waals surface area contributed by atoms with E-state index in [0.29, 0.717) is 31.5 Å². The van der Waals surface area contributed by atoms with Crippen LogP contribution in [0.25, 0.3) is 0 Å². The molecule has 0 radical (unpaired) electrons. The van der Waals surface area contributed by atoms with Crippen LogP contribution in [0, 0.1) is 5.82 Å². The summed E-state index contributed by atoms with van der Waals surface area (Å²) in [5, 5.41) is 11.6. The minimum atomic E-state index is -0.518. The Balaban J connectivity index is 1.30. The smallest absolute Gasteiger partial charge is 0.282 e. The number of nitrogens with one attached hydrogen (secondary N) is 1. The van der Waals surface area contributed by atoms with Crippen LogP contribution < -0.4 is 19.7 Å². The van der Waals surface area contributed by atoms with Gasteiger partial charge in [-0.1, -0.05) is 0 Å². The second-order valence-corrected chi connectivity index (χ2v) is 10.5. The molecule has 1 aromatic carbocycles. The van der Waals surface area contributed by atoms with E-state index in [0.717, 1.165) is 42.8 Å². The number of rotatable bonds is 8. The van der Waals surface area contributed by atoms with E-state index in [-0.39, 0.29) is 35.2 Å². The number of anilines is 1. The molecule has 1 N–H and O–H groups in total. The molecule has 2 aromatic heterocycles. The largest absolute Gasteiger partial charge is 0.490 e. The predicted molar refractivity (Wildman–Crippen MR) is 148 cm³/mol. The first-order valence-corrected chi connectivity index (χ1v) is 13.9. The van der Waals surface area contributed by atoms with E-state index in [1.54, 1.807) is 4.90 Å². The molecule has 2 aliphatic rings. The predicted octanol–water partition coefficient (Wildman–Crippen LogP) is 4.15. The quantitative estimate of drug-likeness (QED) is 0.444. The third kappa shape index (κ3) is 5.99. The molecule has 10 nitrogen and oxygen atoms in total. The Kier molecular flexibility index (Phi) is 8.39. The number of nitrogens with zero attached hydrogens (tertiary/aromatic N) is 6. The summed E-state index contributed by atoms with van der Waals surface area (Å²) in [6, 6.07) is 6.20. The van der Waals surface area contributed by atoms with Gasteiger partial charge in [-0.3, -0.25) is 9.78 Å². The minimum Gasteiger partial charge on any atom is -0.490 e. The molecule has 0 bridgehead atoms. The lowest BCUT2D eigenvalue weighted by Crippen LogP contribution is -2.39. The molecular formula is C29H36FN7O3. The molecule has 2 aliphatic heterocycles. The standard InChI is InChI=1S/C29H36FN7O3/c1-5-37(18(2)3)29(38)22-15-20(30)6-7-25(22)40-28-27(33-17-34-35-28)36-12-9-21(10-13-36)39-26-8-11-31-24-14-19(4)32-16-23(24)26/h6-8,11,15,17-19,21,32H,5,9-10,12-14,16H2,1-4H3. The molecule has 11 heteroatoms. The molecule has 1 saturated heterocycles. The number of piperidine rings is 1. The maximum atomic E-state index is 14.2. The molecule has 1 atom stereocenters. The van der Waals surface area contributed by atoms with Crippen molar-refractivity contribution < 1.29 is 18.7 Å². The first-order valence-electron chi connectivity index (χ1n) is 13.9. The van der Waals surface area contributed by atoms with Crippen LogP contribution in [0.5, 0.6) is 17.4 Å². The average molecular weight is 550 g/mol. The molecular weight excluding hydrogens is 513 g/mol. The Bertz CT molecular complexity index is 1350. The highest BCUT2D eigenvalue weighted by atomic mass is 19.1. The molecule has 1 fully saturated rings. The minimum absolute atomic E-state index is 0.0525. The van der Waals surface area contributed by atoms with Crippen LogP contribution in [0.2, 0.25) is 0 Å². The third-order valence-electron chi connectivity index (χ3n) is 7.44. The van der Waals surface area contributed by atoms with E-state index in [1.165, 1.54) is 24.5 Å². The van der Waals surface area contributed by atoms with Crippen LogP contribution in [-0.2, 0) is 13.0 Å². The third-order valence-corrected chi connectivity index (χ3v) is 7.44. The van der Waals surface area contributed by atoms with Crippen LogP contribution in [0.3, 0.4) is 0 Å². The number of aromatic nitrogens is 4. The number of fused-ring (bicyclic) bond motifs is 1. The molecule has 1 amide bonds. The number of carbonyl (C=O) groups excluding carboxylic acids is 1. The van der Waals surface area contributed by atoms with Crippen molar-refractivity contribution in [2.24, 2.45) is 0 Å². The summed E-state index contributed by atoms with van der Waals surface area (Å²) in [5.41, 5.74) is 2.37. The van der Waals surface area contributed by atoms with Gasteiger partial charge >= 0.3 is 0 Å². The van der Waals surface area contributed by atoms with Crippen molar-refractivity contribution >= 4 is 11.7 Å². The first-order chi connectivity index (χ1) is 19.3. The zero-order valence-electron chi connectivity index (χ0n) is 23.4. The second-order valence-electron chi connectivity index (χ2n) is 10.5. The van der Waals surface area contributed by atoms with E-state index in [1.807, 2.05) is 33.0 Å². The van der Waals surface area contributed by atoms with E-state index in [4.69, 9.17) is 9.47 Å². The normalized spacial score (nSPS) is 17.4. The van der Waals surface area contributed by atoms with Gasteiger partial charge in [0, 0.05) is 69.3 Å². The number of carbonyl (C=O) groups is 1. The van der Waals surface area contributed by atoms with Gasteiger partial charge in [0.15, 0.2) is 5.82 Å². The lowest BCUT2D eigenvalue weighted by Gasteiger charge is -2.34. The molecule has 4 heterocycles. The van der Waals surface area contributed by atoms with Crippen molar-refractivity contribution in [3.63, 3.8) is 0 Å². The summed E-state index contributed by atoms with van der Waals surface area (Å²) in [4.78, 5) is 26.0. The number of hydrogen-bond acceptors (Lipinski definition) is 9. The SMILES string of the molecule is CCN(C(=O)c1cc(F)ccc1Oc1nncnc1N1CCC(Oc2ccnc3c2CNC(C)C3)CC1)C(C)C. The molecule has 5 rings (SSSR count). The highest BCUT2D eigenvalue weighted by Crippen LogP contribution is 2.33. The maximum Gasteiger partial charge on any atom is 0.282 e. The summed E-state index contributed by atoms with van der Waals surface area (Å²) in [6.07, 6.45) is 5.71. The Morgan fingerprint density at radius 1 is 1.20 bits per heavy atom. The molecule has 1 unspecified atom stereocenters. The maximum absolute atomic E-state index is 14.2. The lowest BCUT2D eigenvalue weighted by molar-refractivity contribution is 0.0713. The van der Waals surface area contributed by atoms with Gasteiger partial charge in [0.05, 0.1) is 11.3 Å². The fourth-order valence-corrected chi connectivity index (χ4v) is 5.30. The summed E-state index contributed by atoms with van der Waals surface area (Å²) >= 11 is 0. The zero-order valence-corrected chi connectivity index (χ0v) is 23.4. The number of pyridine rings is 1. The number of hydrogen-bond donors (Lipinski definition) is 1. The Hall–Kier alpha value is -3.86. The van der Waals surface area contributed by atoms with Gasteiger partial charge in [-0.05, 0) is 52.0 Å². The van der Waals surface area contributed by atoms with E-state index < -0.39 is 5.82 Å². The van der Waals surface area contributed by atoms with Gasteiger partial charge in [-0.15, -0.1) is 10.2 Å². The average Bonchev–Trinajstić information content (AvgIpc) is 2.95. The van der Waals surface area contributed by atoms with Gasteiger partial charge in [-0.2, -0.15) is 0 Å². The molecule has 0 spiro atoms. The van der Waals surface area contributed by atoms with Crippen LogP contribution >= 0.6 is 0 Å². The Morgan fingerprint density at radius 2 is 2.00 bits per heavy atom. The van der Waals surface area contributed by atoms with Crippen LogP contribution in [0.1, 0.15) is 62.2 Å².